The van der Waals surface area contributed by atoms with E-state index in [4.69, 9.17) is 16.8 Å². The number of benzene rings is 4. The van der Waals surface area contributed by atoms with Crippen molar-refractivity contribution in [3.8, 4) is 22.5 Å². The number of aryl methyl sites for hydroxylation is 3. The predicted molar refractivity (Wildman–Crippen MR) is 196 cm³/mol. The Morgan fingerprint density at radius 1 is 0.792 bits per heavy atom. The van der Waals surface area contributed by atoms with E-state index in [1.54, 1.807) is 24.4 Å². The first kappa shape index (κ1) is 24.7. The number of furan rings is 1. The van der Waals surface area contributed by atoms with Crippen LogP contribution in [0.1, 0.15) is 73.4 Å². The van der Waals surface area contributed by atoms with E-state index in [0.717, 1.165) is 16.5 Å². The predicted octanol–water partition coefficient (Wildman–Crippen LogP) is 11.4. The Morgan fingerprint density at radius 2 is 1.58 bits per heavy atom. The van der Waals surface area contributed by atoms with Crippen molar-refractivity contribution in [3.05, 3.63) is 155 Å². The molecule has 0 N–H and O–H groups in total. The van der Waals surface area contributed by atoms with Crippen LogP contribution < -0.4 is 0 Å². The van der Waals surface area contributed by atoms with Gasteiger partial charge in [0.25, 0.3) is 0 Å². The summed E-state index contributed by atoms with van der Waals surface area (Å²) in [6.45, 7) is 1.77. The summed E-state index contributed by atoms with van der Waals surface area (Å²) in [4.78, 5) is 8.84. The van der Waals surface area contributed by atoms with Gasteiger partial charge in [0.05, 0.1) is 5.58 Å². The minimum Gasteiger partial charge on any atom is -0.501 e. The van der Waals surface area contributed by atoms with Crippen molar-refractivity contribution in [2.75, 3.05) is 0 Å². The Balaban J connectivity index is 0.000000223. The van der Waals surface area contributed by atoms with E-state index in [1.807, 2.05) is 68.4 Å². The quantitative estimate of drug-likeness (QED) is 0.157. The maximum Gasteiger partial charge on any atom is 0.120 e. The van der Waals surface area contributed by atoms with Gasteiger partial charge >= 0.3 is 0 Å². The zero-order chi connectivity index (χ0) is 40.6. The third kappa shape index (κ3) is 7.36. The summed E-state index contributed by atoms with van der Waals surface area (Å²) < 4.78 is 75.3. The number of rotatable bonds is 6. The molecule has 0 bridgehead atoms. The van der Waals surface area contributed by atoms with Gasteiger partial charge in [-0.3, -0.25) is 0 Å². The molecule has 0 unspecified atom stereocenters. The summed E-state index contributed by atoms with van der Waals surface area (Å²) in [7, 11) is 0. The fourth-order valence-corrected chi connectivity index (χ4v) is 5.78. The summed E-state index contributed by atoms with van der Waals surface area (Å²) in [5.74, 6) is 0.309. The Kier molecular flexibility index (Phi) is 7.63. The van der Waals surface area contributed by atoms with Gasteiger partial charge in [0, 0.05) is 55.6 Å². The normalized spacial score (nSPS) is 14.9. The second kappa shape index (κ2) is 14.8. The molecule has 0 aliphatic heterocycles. The number of hydrogen-bond donors (Lipinski definition) is 0. The molecule has 0 fully saturated rings. The molecule has 0 spiro atoms. The Labute approximate surface area is 311 Å². The zero-order valence-electron chi connectivity index (χ0n) is 36.3. The van der Waals surface area contributed by atoms with Gasteiger partial charge in [0.1, 0.15) is 5.58 Å². The van der Waals surface area contributed by atoms with E-state index in [1.165, 1.54) is 23.9 Å². The van der Waals surface area contributed by atoms with E-state index >= 15 is 0 Å². The van der Waals surface area contributed by atoms with Crippen molar-refractivity contribution >= 4 is 21.9 Å². The second-order valence-electron chi connectivity index (χ2n) is 12.6. The molecule has 0 aliphatic carbocycles. The third-order valence-corrected chi connectivity index (χ3v) is 8.39. The Bertz CT molecular complexity index is 2470. The molecule has 7 aromatic rings. The topological polar surface area (TPSA) is 38.9 Å². The van der Waals surface area contributed by atoms with Gasteiger partial charge in [-0.05, 0) is 59.4 Å². The number of nitrogens with zero attached hydrogens (tertiary/aromatic N) is 2. The van der Waals surface area contributed by atoms with Crippen LogP contribution in [0.25, 0.3) is 44.5 Å². The standard InChI is InChI=1S/C27H22NO.C17H20N.Ir/c1-18-13-14-21(26-25(18)22-11-7-8-12-24(22)29-26)23-17-20(15-16-28-23)27(2,3)19-9-5-4-6-10-19;1-12(2)9-16-10-17(18-11-14(16)4)15-7-5-13(3)6-8-15;/h4-13,15-17H,1-3H3;5-7,10-12H,9H2,1-4H3;/q2*-1;/i1D3;3D3,4D3;. The van der Waals surface area contributed by atoms with Crippen molar-refractivity contribution in [2.45, 2.75) is 60.1 Å². The first-order chi connectivity index (χ1) is 26.2. The summed E-state index contributed by atoms with van der Waals surface area (Å²) in [6.07, 6.45) is 3.82. The van der Waals surface area contributed by atoms with Gasteiger partial charge in [-0.25, -0.2) is 0 Å². The van der Waals surface area contributed by atoms with Crippen molar-refractivity contribution < 1.29 is 36.9 Å². The smallest absolute Gasteiger partial charge is 0.120 e. The first-order valence-electron chi connectivity index (χ1n) is 20.2. The summed E-state index contributed by atoms with van der Waals surface area (Å²) >= 11 is 0. The van der Waals surface area contributed by atoms with Crippen LogP contribution in [-0.2, 0) is 31.9 Å². The van der Waals surface area contributed by atoms with E-state index in [9.17, 15) is 0 Å². The number of pyridine rings is 2. The maximum absolute atomic E-state index is 8.01. The molecular weight excluding hydrogens is 765 g/mol. The largest absolute Gasteiger partial charge is 0.501 e. The monoisotopic (exact) mass is 816 g/mol. The van der Waals surface area contributed by atoms with Crippen LogP contribution in [0, 0.1) is 38.6 Å². The first-order valence-corrected chi connectivity index (χ1v) is 15.7. The van der Waals surface area contributed by atoms with E-state index < -0.39 is 20.6 Å². The van der Waals surface area contributed by atoms with E-state index in [2.05, 4.69) is 48.1 Å². The van der Waals surface area contributed by atoms with Gasteiger partial charge in [0.2, 0.25) is 0 Å². The maximum atomic E-state index is 8.01. The number of aromatic nitrogens is 2. The van der Waals surface area contributed by atoms with E-state index in [0.29, 0.717) is 51.4 Å². The third-order valence-electron chi connectivity index (χ3n) is 8.39. The molecule has 4 heteroatoms. The molecular formula is C44H42IrN2O-2. The van der Waals surface area contributed by atoms with Crippen LogP contribution in [0.2, 0.25) is 0 Å². The van der Waals surface area contributed by atoms with Crippen molar-refractivity contribution in [1.29, 1.82) is 0 Å². The van der Waals surface area contributed by atoms with Crippen molar-refractivity contribution in [3.63, 3.8) is 0 Å². The Hall–Kier alpha value is -4.37. The zero-order valence-corrected chi connectivity index (χ0v) is 29.7. The minimum atomic E-state index is -2.27. The summed E-state index contributed by atoms with van der Waals surface area (Å²) in [5.41, 5.74) is 7.28. The number of para-hydroxylation sites is 1. The van der Waals surface area contributed by atoms with Crippen LogP contribution in [0.5, 0.6) is 0 Å². The molecule has 1 radical (unpaired) electrons. The molecule has 0 saturated heterocycles. The van der Waals surface area contributed by atoms with Crippen molar-refractivity contribution in [1.82, 2.24) is 9.97 Å². The van der Waals surface area contributed by atoms with Gasteiger partial charge in [-0.2, -0.15) is 0 Å². The average molecular weight is 816 g/mol. The van der Waals surface area contributed by atoms with Crippen LogP contribution in [0.3, 0.4) is 0 Å². The van der Waals surface area contributed by atoms with Crippen LogP contribution >= 0.6 is 0 Å². The number of fused-ring (bicyclic) bond motifs is 3. The van der Waals surface area contributed by atoms with Crippen LogP contribution in [0.4, 0.5) is 0 Å². The molecule has 0 saturated carbocycles. The summed E-state index contributed by atoms with van der Waals surface area (Å²) in [6, 6.07) is 35.9. The molecule has 3 nitrogen and oxygen atoms in total. The molecule has 0 amide bonds. The molecule has 7 rings (SSSR count). The molecule has 3 aromatic heterocycles. The van der Waals surface area contributed by atoms with Crippen molar-refractivity contribution in [2.24, 2.45) is 5.92 Å². The molecule has 3 heterocycles. The molecule has 4 aromatic carbocycles. The van der Waals surface area contributed by atoms with Gasteiger partial charge in [-0.1, -0.05) is 119 Å². The van der Waals surface area contributed by atoms with Gasteiger partial charge < -0.3 is 14.4 Å². The minimum absolute atomic E-state index is 0. The summed E-state index contributed by atoms with van der Waals surface area (Å²) in [5, 5.41) is 1.38. The fourth-order valence-electron chi connectivity index (χ4n) is 5.78. The van der Waals surface area contributed by atoms with E-state index in [-0.39, 0.29) is 42.2 Å². The SMILES string of the molecule is [2H]C([2H])([2H])c1c[c-]c(-c2cc(C(C)(C)c3ccccc3)ccn2)c2oc3ccccc3c12.[2H]C([2H])([2H])c1c[c-]c(-c2cc(CC(C)C)c(C([2H])([2H])[2H])cn2)cc1.[Ir]. The molecule has 0 aliphatic rings. The van der Waals surface area contributed by atoms with Gasteiger partial charge in [0.15, 0.2) is 0 Å². The molecule has 48 heavy (non-hydrogen) atoms. The average Bonchev–Trinajstić information content (AvgIpc) is 3.53. The molecule has 245 valence electrons. The number of hydrogen-bond acceptors (Lipinski definition) is 3. The van der Waals surface area contributed by atoms with Crippen LogP contribution in [-0.4, -0.2) is 9.97 Å². The fraction of sp³-hybridized carbons (Fsp3) is 0.227. The second-order valence-corrected chi connectivity index (χ2v) is 12.6. The Morgan fingerprint density at radius 3 is 2.31 bits per heavy atom. The molecule has 0 atom stereocenters. The van der Waals surface area contributed by atoms with Gasteiger partial charge in [-0.15, -0.1) is 53.1 Å². The van der Waals surface area contributed by atoms with Crippen LogP contribution in [0.15, 0.2) is 114 Å².